The van der Waals surface area contributed by atoms with E-state index in [0.717, 1.165) is 30.3 Å². The predicted octanol–water partition coefficient (Wildman–Crippen LogP) is 4.05. The molecule has 3 rings (SSSR count). The van der Waals surface area contributed by atoms with E-state index in [1.165, 1.54) is 18.2 Å². The molecule has 0 spiro atoms. The Bertz CT molecular complexity index is 917. The van der Waals surface area contributed by atoms with E-state index in [1.807, 2.05) is 5.32 Å². The number of benzene rings is 2. The molecule has 0 aliphatic carbocycles. The Morgan fingerprint density at radius 3 is 2.40 bits per heavy atom. The Morgan fingerprint density at radius 2 is 1.80 bits per heavy atom. The molecule has 25 heavy (non-hydrogen) atoms. The van der Waals surface area contributed by atoms with Gasteiger partial charge in [0, 0.05) is 10.9 Å². The lowest BCUT2D eigenvalue weighted by molar-refractivity contribution is -0.155. The van der Waals surface area contributed by atoms with Crippen molar-refractivity contribution in [3.05, 3.63) is 65.6 Å². The molecule has 3 N–H and O–H groups in total. The molecular formula is C17H12F4N2O2. The molecule has 0 aliphatic heterocycles. The van der Waals surface area contributed by atoms with Crippen molar-refractivity contribution in [2.45, 2.75) is 12.2 Å². The molecule has 1 heterocycles. The molecule has 0 fully saturated rings. The van der Waals surface area contributed by atoms with Crippen LogP contribution in [0.25, 0.3) is 10.9 Å². The first-order chi connectivity index (χ1) is 11.8. The summed E-state index contributed by atoms with van der Waals surface area (Å²) in [7, 11) is 0. The summed E-state index contributed by atoms with van der Waals surface area (Å²) in [6.45, 7) is 0. The zero-order chi connectivity index (χ0) is 18.2. The third-order valence-electron chi connectivity index (χ3n) is 3.68. The summed E-state index contributed by atoms with van der Waals surface area (Å²) in [5.74, 6) is -1.80. The van der Waals surface area contributed by atoms with E-state index in [-0.39, 0.29) is 22.4 Å². The number of rotatable bonds is 3. The number of nitrogens with one attached hydrogen (secondary N) is 2. The van der Waals surface area contributed by atoms with Gasteiger partial charge < -0.3 is 15.4 Å². The van der Waals surface area contributed by atoms with Crippen molar-refractivity contribution >= 4 is 16.8 Å². The number of amides is 1. The topological polar surface area (TPSA) is 65.1 Å². The van der Waals surface area contributed by atoms with Crippen molar-refractivity contribution in [1.29, 1.82) is 0 Å². The minimum Gasteiger partial charge on any atom is -0.508 e. The van der Waals surface area contributed by atoms with Gasteiger partial charge >= 0.3 is 6.18 Å². The van der Waals surface area contributed by atoms with Gasteiger partial charge in [0.05, 0.1) is 0 Å². The molecule has 1 unspecified atom stereocenters. The van der Waals surface area contributed by atoms with E-state index in [4.69, 9.17) is 0 Å². The quantitative estimate of drug-likeness (QED) is 0.623. The highest BCUT2D eigenvalue weighted by atomic mass is 19.4. The Kier molecular flexibility index (Phi) is 4.12. The molecule has 4 nitrogen and oxygen atoms in total. The molecule has 0 saturated carbocycles. The van der Waals surface area contributed by atoms with Crippen LogP contribution in [0, 0.1) is 5.82 Å². The Labute approximate surface area is 139 Å². The maximum atomic E-state index is 13.7. The van der Waals surface area contributed by atoms with Crippen LogP contribution in [0.15, 0.2) is 48.5 Å². The fourth-order valence-electron chi connectivity index (χ4n) is 2.47. The summed E-state index contributed by atoms with van der Waals surface area (Å²) in [4.78, 5) is 14.8. The van der Waals surface area contributed by atoms with Gasteiger partial charge in [-0.15, -0.1) is 0 Å². The van der Waals surface area contributed by atoms with Gasteiger partial charge in [0.15, 0.2) is 6.04 Å². The van der Waals surface area contributed by atoms with Crippen molar-refractivity contribution < 1.29 is 27.5 Å². The molecule has 0 radical (unpaired) electrons. The monoisotopic (exact) mass is 352 g/mol. The van der Waals surface area contributed by atoms with E-state index in [9.17, 15) is 27.5 Å². The number of carbonyl (C=O) groups is 1. The molecule has 0 bridgehead atoms. The number of hydrogen-bond donors (Lipinski definition) is 3. The van der Waals surface area contributed by atoms with Crippen LogP contribution < -0.4 is 5.32 Å². The second kappa shape index (κ2) is 6.12. The molecule has 8 heteroatoms. The molecule has 2 aromatic carbocycles. The Balaban J connectivity index is 1.91. The molecule has 130 valence electrons. The highest BCUT2D eigenvalue weighted by molar-refractivity contribution is 5.98. The fourth-order valence-corrected chi connectivity index (χ4v) is 2.47. The van der Waals surface area contributed by atoms with Gasteiger partial charge in [0.2, 0.25) is 0 Å². The van der Waals surface area contributed by atoms with Crippen LogP contribution in [-0.2, 0) is 0 Å². The number of fused-ring (bicyclic) bond motifs is 1. The van der Waals surface area contributed by atoms with Gasteiger partial charge in [-0.3, -0.25) is 4.79 Å². The second-order valence-electron chi connectivity index (χ2n) is 5.42. The number of aromatic amines is 1. The number of phenolic OH excluding ortho intramolecular Hbond substituents is 1. The normalized spacial score (nSPS) is 13.0. The maximum absolute atomic E-state index is 13.7. The molecule has 0 saturated heterocycles. The van der Waals surface area contributed by atoms with Crippen molar-refractivity contribution in [3.8, 4) is 5.75 Å². The first kappa shape index (κ1) is 16.8. The average molecular weight is 352 g/mol. The highest BCUT2D eigenvalue weighted by Crippen LogP contribution is 2.33. The summed E-state index contributed by atoms with van der Waals surface area (Å²) in [6.07, 6.45) is -4.75. The number of aromatic nitrogens is 1. The number of H-pyrrole nitrogens is 1. The first-order valence-electron chi connectivity index (χ1n) is 7.19. The van der Waals surface area contributed by atoms with Crippen LogP contribution >= 0.6 is 0 Å². The molecular weight excluding hydrogens is 340 g/mol. The van der Waals surface area contributed by atoms with Crippen LogP contribution in [0.1, 0.15) is 22.1 Å². The molecule has 1 amide bonds. The Morgan fingerprint density at radius 1 is 1.12 bits per heavy atom. The van der Waals surface area contributed by atoms with Crippen LogP contribution in [0.4, 0.5) is 17.6 Å². The van der Waals surface area contributed by atoms with E-state index >= 15 is 0 Å². The van der Waals surface area contributed by atoms with Gasteiger partial charge in [0.25, 0.3) is 5.91 Å². The largest absolute Gasteiger partial charge is 0.508 e. The third kappa shape index (κ3) is 3.42. The highest BCUT2D eigenvalue weighted by Gasteiger charge is 2.42. The van der Waals surface area contributed by atoms with Crippen LogP contribution in [0.2, 0.25) is 0 Å². The molecule has 1 aromatic heterocycles. The van der Waals surface area contributed by atoms with Crippen LogP contribution in [-0.4, -0.2) is 22.2 Å². The van der Waals surface area contributed by atoms with Gasteiger partial charge in [-0.25, -0.2) is 4.39 Å². The number of halogens is 4. The smallest absolute Gasteiger partial charge is 0.412 e. The number of carbonyl (C=O) groups excluding carboxylic acids is 1. The van der Waals surface area contributed by atoms with Gasteiger partial charge in [0.1, 0.15) is 17.3 Å². The second-order valence-corrected chi connectivity index (χ2v) is 5.42. The van der Waals surface area contributed by atoms with Crippen LogP contribution in [0.3, 0.4) is 0 Å². The summed E-state index contributed by atoms with van der Waals surface area (Å²) in [5.41, 5.74) is -0.118. The van der Waals surface area contributed by atoms with E-state index in [1.54, 1.807) is 0 Å². The third-order valence-corrected chi connectivity index (χ3v) is 3.68. The number of hydrogen-bond acceptors (Lipinski definition) is 2. The van der Waals surface area contributed by atoms with Crippen LogP contribution in [0.5, 0.6) is 5.75 Å². The van der Waals surface area contributed by atoms with E-state index in [2.05, 4.69) is 4.98 Å². The molecule has 0 aliphatic rings. The molecule has 1 atom stereocenters. The number of aromatic hydroxyl groups is 1. The van der Waals surface area contributed by atoms with E-state index < -0.39 is 23.9 Å². The predicted molar refractivity (Wildman–Crippen MR) is 82.6 cm³/mol. The summed E-state index contributed by atoms with van der Waals surface area (Å²) >= 11 is 0. The van der Waals surface area contributed by atoms with Crippen molar-refractivity contribution in [2.24, 2.45) is 0 Å². The lowest BCUT2D eigenvalue weighted by Gasteiger charge is -2.21. The van der Waals surface area contributed by atoms with Crippen molar-refractivity contribution in [3.63, 3.8) is 0 Å². The lowest BCUT2D eigenvalue weighted by Crippen LogP contribution is -2.38. The summed E-state index contributed by atoms with van der Waals surface area (Å²) in [6, 6.07) is 7.34. The summed E-state index contributed by atoms with van der Waals surface area (Å²) in [5, 5.41) is 11.2. The van der Waals surface area contributed by atoms with Gasteiger partial charge in [-0.1, -0.05) is 18.2 Å². The maximum Gasteiger partial charge on any atom is 0.412 e. The van der Waals surface area contributed by atoms with Gasteiger partial charge in [-0.05, 0) is 35.9 Å². The first-order valence-corrected chi connectivity index (χ1v) is 7.19. The number of alkyl halides is 3. The average Bonchev–Trinajstić information content (AvgIpc) is 2.98. The minimum absolute atomic E-state index is 0.112. The SMILES string of the molecule is O=C(NC(c1ccc(O)cc1)C(F)(F)F)c1cc2c(F)cccc2[nH]1. The molecule has 3 aromatic rings. The summed E-state index contributed by atoms with van der Waals surface area (Å²) < 4.78 is 53.6. The zero-order valence-electron chi connectivity index (χ0n) is 12.6. The minimum atomic E-state index is -4.75. The number of phenols is 1. The van der Waals surface area contributed by atoms with E-state index in [0.29, 0.717) is 5.52 Å². The van der Waals surface area contributed by atoms with Crippen molar-refractivity contribution in [2.75, 3.05) is 0 Å². The standard InChI is InChI=1S/C17H12F4N2O2/c18-12-2-1-3-13-11(12)8-14(22-13)16(25)23-15(17(19,20)21)9-4-6-10(24)7-5-9/h1-8,15,22,24H,(H,23,25). The Hall–Kier alpha value is -3.03. The van der Waals surface area contributed by atoms with Crippen molar-refractivity contribution in [1.82, 2.24) is 10.3 Å². The zero-order valence-corrected chi connectivity index (χ0v) is 12.6. The fraction of sp³-hybridized carbons (Fsp3) is 0.118. The lowest BCUT2D eigenvalue weighted by atomic mass is 10.1. The van der Waals surface area contributed by atoms with Gasteiger partial charge in [-0.2, -0.15) is 13.2 Å².